The van der Waals surface area contributed by atoms with Crippen molar-refractivity contribution in [1.29, 1.82) is 0 Å². The quantitative estimate of drug-likeness (QED) is 0.497. The highest BCUT2D eigenvalue weighted by Crippen LogP contribution is 2.48. The Morgan fingerprint density at radius 2 is 1.67 bits per heavy atom. The number of rotatable bonds is 4. The van der Waals surface area contributed by atoms with Gasteiger partial charge in [-0.25, -0.2) is 4.39 Å². The Morgan fingerprint density at radius 3 is 2.41 bits per heavy atom. The fraction of sp³-hybridized carbons (Fsp3) is 0.520. The molecule has 4 atom stereocenters. The number of fused-ring (bicyclic) bond motifs is 1. The van der Waals surface area contributed by atoms with E-state index in [9.17, 15) is 4.39 Å². The number of hydrogen-bond acceptors (Lipinski definition) is 0. The molecule has 0 nitrogen and oxygen atoms in total. The van der Waals surface area contributed by atoms with Crippen LogP contribution in [0.2, 0.25) is 5.02 Å². The first-order valence-corrected chi connectivity index (χ1v) is 11.1. The van der Waals surface area contributed by atoms with Gasteiger partial charge in [-0.2, -0.15) is 0 Å². The molecule has 0 N–H and O–H groups in total. The van der Waals surface area contributed by atoms with Crippen LogP contribution < -0.4 is 0 Å². The van der Waals surface area contributed by atoms with Gasteiger partial charge in [0, 0.05) is 10.6 Å². The predicted octanol–water partition coefficient (Wildman–Crippen LogP) is 8.25. The van der Waals surface area contributed by atoms with Gasteiger partial charge in [-0.15, -0.1) is 0 Å². The normalized spacial score (nSPS) is 28.0. The number of benzene rings is 2. The van der Waals surface area contributed by atoms with E-state index in [0.717, 1.165) is 23.3 Å². The molecule has 2 saturated carbocycles. The van der Waals surface area contributed by atoms with Crippen molar-refractivity contribution in [2.75, 3.05) is 0 Å². The zero-order valence-electron chi connectivity index (χ0n) is 16.3. The van der Waals surface area contributed by atoms with Gasteiger partial charge in [0.2, 0.25) is 0 Å². The van der Waals surface area contributed by atoms with Gasteiger partial charge in [0.15, 0.2) is 0 Å². The monoisotopic (exact) mass is 384 g/mol. The summed E-state index contributed by atoms with van der Waals surface area (Å²) in [6.07, 6.45) is 10.8. The Hall–Kier alpha value is -1.34. The zero-order valence-corrected chi connectivity index (χ0v) is 17.0. The van der Waals surface area contributed by atoms with Crippen LogP contribution in [0.25, 0.3) is 11.1 Å². The molecule has 0 aliphatic heterocycles. The largest absolute Gasteiger partial charge is 0.206 e. The molecule has 144 valence electrons. The van der Waals surface area contributed by atoms with E-state index in [1.807, 2.05) is 30.3 Å². The average Bonchev–Trinajstić information content (AvgIpc) is 2.68. The maximum absolute atomic E-state index is 14.8. The van der Waals surface area contributed by atoms with Crippen LogP contribution in [-0.4, -0.2) is 0 Å². The average molecular weight is 385 g/mol. The minimum absolute atomic E-state index is 0.108. The molecule has 0 spiro atoms. The third kappa shape index (κ3) is 4.24. The van der Waals surface area contributed by atoms with Crippen molar-refractivity contribution in [2.45, 2.75) is 64.2 Å². The molecule has 4 rings (SSSR count). The molecule has 2 aromatic rings. The van der Waals surface area contributed by atoms with E-state index >= 15 is 0 Å². The molecule has 0 heterocycles. The molecule has 2 aliphatic carbocycles. The molecule has 0 radical (unpaired) electrons. The van der Waals surface area contributed by atoms with Crippen LogP contribution in [-0.2, 0) is 0 Å². The van der Waals surface area contributed by atoms with Crippen LogP contribution in [0.15, 0.2) is 42.5 Å². The smallest absolute Gasteiger partial charge is 0.131 e. The highest BCUT2D eigenvalue weighted by Gasteiger charge is 2.35. The summed E-state index contributed by atoms with van der Waals surface area (Å²) in [4.78, 5) is 0. The molecule has 0 saturated heterocycles. The van der Waals surface area contributed by atoms with Gasteiger partial charge in [0.25, 0.3) is 0 Å². The van der Waals surface area contributed by atoms with Gasteiger partial charge in [-0.1, -0.05) is 62.1 Å². The highest BCUT2D eigenvalue weighted by molar-refractivity contribution is 6.30. The lowest BCUT2D eigenvalue weighted by molar-refractivity contribution is 0.114. The number of hydrogen-bond donors (Lipinski definition) is 0. The van der Waals surface area contributed by atoms with Crippen LogP contribution in [0.3, 0.4) is 0 Å². The maximum atomic E-state index is 14.8. The molecule has 2 aromatic carbocycles. The topological polar surface area (TPSA) is 0 Å². The molecule has 0 amide bonds. The van der Waals surface area contributed by atoms with Gasteiger partial charge < -0.3 is 0 Å². The molecule has 0 aromatic heterocycles. The van der Waals surface area contributed by atoms with Crippen LogP contribution in [0.4, 0.5) is 4.39 Å². The summed E-state index contributed by atoms with van der Waals surface area (Å²) in [7, 11) is 0. The second-order valence-corrected chi connectivity index (χ2v) is 9.18. The lowest BCUT2D eigenvalue weighted by Crippen LogP contribution is -2.30. The first-order valence-electron chi connectivity index (χ1n) is 10.7. The van der Waals surface area contributed by atoms with Crippen LogP contribution >= 0.6 is 11.6 Å². The summed E-state index contributed by atoms with van der Waals surface area (Å²) in [5.41, 5.74) is 2.75. The summed E-state index contributed by atoms with van der Waals surface area (Å²) in [5.74, 6) is 3.16. The van der Waals surface area contributed by atoms with E-state index < -0.39 is 0 Å². The number of halogens is 2. The van der Waals surface area contributed by atoms with Crippen LogP contribution in [0.5, 0.6) is 0 Å². The Bertz CT molecular complexity index is 766. The molecule has 1 unspecified atom stereocenters. The van der Waals surface area contributed by atoms with Crippen LogP contribution in [0, 0.1) is 23.6 Å². The summed E-state index contributed by atoms with van der Waals surface area (Å²) in [6.45, 7) is 2.31. The van der Waals surface area contributed by atoms with Gasteiger partial charge >= 0.3 is 0 Å². The SMILES string of the molecule is CCCC1CC[C@@H]2C[C@H](c3ccc(-c4ccc(Cl)cc4)c(F)c3)CC[C@@H]2C1. The van der Waals surface area contributed by atoms with Crippen molar-refractivity contribution in [3.05, 3.63) is 58.9 Å². The van der Waals surface area contributed by atoms with Crippen molar-refractivity contribution in [1.82, 2.24) is 0 Å². The standard InChI is InChI=1S/C25H30ClF/c1-2-3-17-4-5-20-15-21(7-6-19(20)14-17)22-10-13-24(25(27)16-22)18-8-11-23(26)12-9-18/h8-13,16-17,19-21H,2-7,14-15H2,1H3/t17?,19-,20-,21-/m1/s1. The molecule has 2 aliphatic rings. The Labute approximate surface area is 168 Å². The molecule has 27 heavy (non-hydrogen) atoms. The molecule has 2 fully saturated rings. The van der Waals surface area contributed by atoms with E-state index in [1.54, 1.807) is 6.07 Å². The van der Waals surface area contributed by atoms with Crippen molar-refractivity contribution in [3.63, 3.8) is 0 Å². The van der Waals surface area contributed by atoms with E-state index in [2.05, 4.69) is 13.0 Å². The zero-order chi connectivity index (χ0) is 18.8. The van der Waals surface area contributed by atoms with Crippen molar-refractivity contribution < 1.29 is 4.39 Å². The lowest BCUT2D eigenvalue weighted by Gasteiger charge is -2.42. The highest BCUT2D eigenvalue weighted by atomic mass is 35.5. The van der Waals surface area contributed by atoms with Crippen molar-refractivity contribution in [3.8, 4) is 11.1 Å². The Balaban J connectivity index is 1.45. The first-order chi connectivity index (χ1) is 13.1. The van der Waals surface area contributed by atoms with E-state index in [1.165, 1.54) is 56.9 Å². The molecular weight excluding hydrogens is 355 g/mol. The second kappa shape index (κ2) is 8.35. The van der Waals surface area contributed by atoms with Crippen molar-refractivity contribution in [2.24, 2.45) is 17.8 Å². The van der Waals surface area contributed by atoms with Gasteiger partial charge in [0.05, 0.1) is 0 Å². The van der Waals surface area contributed by atoms with E-state index in [-0.39, 0.29) is 5.82 Å². The van der Waals surface area contributed by atoms with Crippen molar-refractivity contribution >= 4 is 11.6 Å². The fourth-order valence-electron chi connectivity index (χ4n) is 5.61. The second-order valence-electron chi connectivity index (χ2n) is 8.74. The molecule has 0 bridgehead atoms. The minimum atomic E-state index is -0.108. The minimum Gasteiger partial charge on any atom is -0.206 e. The van der Waals surface area contributed by atoms with Crippen LogP contribution in [0.1, 0.15) is 69.8 Å². The molecular formula is C25H30ClF. The summed E-state index contributed by atoms with van der Waals surface area (Å²) < 4.78 is 14.8. The van der Waals surface area contributed by atoms with E-state index in [0.29, 0.717) is 16.5 Å². The van der Waals surface area contributed by atoms with E-state index in [4.69, 9.17) is 11.6 Å². The third-order valence-corrected chi connectivity index (χ3v) is 7.29. The maximum Gasteiger partial charge on any atom is 0.131 e. The Kier molecular flexibility index (Phi) is 5.88. The first kappa shape index (κ1) is 19.0. The predicted molar refractivity (Wildman–Crippen MR) is 113 cm³/mol. The fourth-order valence-corrected chi connectivity index (χ4v) is 5.73. The Morgan fingerprint density at radius 1 is 0.926 bits per heavy atom. The third-order valence-electron chi connectivity index (χ3n) is 7.04. The lowest BCUT2D eigenvalue weighted by atomic mass is 9.63. The molecule has 2 heteroatoms. The summed E-state index contributed by atoms with van der Waals surface area (Å²) >= 11 is 5.95. The van der Waals surface area contributed by atoms with Gasteiger partial charge in [-0.05, 0) is 85.1 Å². The summed E-state index contributed by atoms with van der Waals surface area (Å²) in [5, 5.41) is 0.682. The van der Waals surface area contributed by atoms with Gasteiger partial charge in [0.1, 0.15) is 5.82 Å². The van der Waals surface area contributed by atoms with Gasteiger partial charge in [-0.3, -0.25) is 0 Å². The summed E-state index contributed by atoms with van der Waals surface area (Å²) in [6, 6.07) is 13.3.